The van der Waals surface area contributed by atoms with Crippen LogP contribution in [0.25, 0.3) is 0 Å². The highest BCUT2D eigenvalue weighted by atomic mass is 35.5. The monoisotopic (exact) mass is 254 g/mol. The molecule has 1 N–H and O–H groups in total. The molecular weight excluding hydrogens is 232 g/mol. The molecule has 0 aliphatic heterocycles. The summed E-state index contributed by atoms with van der Waals surface area (Å²) < 4.78 is 0. The minimum atomic E-state index is 0.463. The third-order valence-electron chi connectivity index (χ3n) is 2.69. The molecule has 0 heterocycles. The molecule has 1 rings (SSSR count). The predicted molar refractivity (Wildman–Crippen MR) is 75.8 cm³/mol. The second-order valence-corrected chi connectivity index (χ2v) is 5.12. The highest BCUT2D eigenvalue weighted by Gasteiger charge is 2.11. The molecule has 0 aliphatic carbocycles. The van der Waals surface area contributed by atoms with Crippen molar-refractivity contribution in [2.24, 2.45) is 0 Å². The summed E-state index contributed by atoms with van der Waals surface area (Å²) in [4.78, 5) is 2.21. The number of hydrogen-bond acceptors (Lipinski definition) is 2. The van der Waals surface area contributed by atoms with Gasteiger partial charge in [0.15, 0.2) is 0 Å². The molecule has 0 fully saturated rings. The molecule has 0 bridgehead atoms. The molecule has 1 atom stereocenters. The van der Waals surface area contributed by atoms with Crippen molar-refractivity contribution in [1.29, 1.82) is 0 Å². The van der Waals surface area contributed by atoms with Gasteiger partial charge in [-0.1, -0.05) is 36.7 Å². The first-order chi connectivity index (χ1) is 8.13. The van der Waals surface area contributed by atoms with E-state index in [-0.39, 0.29) is 0 Å². The summed E-state index contributed by atoms with van der Waals surface area (Å²) in [6.07, 6.45) is 2.14. The van der Waals surface area contributed by atoms with Crippen molar-refractivity contribution >= 4 is 11.6 Å². The van der Waals surface area contributed by atoms with Crippen LogP contribution in [-0.2, 0) is 6.42 Å². The van der Waals surface area contributed by atoms with Gasteiger partial charge < -0.3 is 10.2 Å². The highest BCUT2D eigenvalue weighted by Crippen LogP contribution is 2.16. The SMILES string of the molecule is CCCNC(Cc1ccccc1Cl)CN(C)C. The second kappa shape index (κ2) is 7.70. The summed E-state index contributed by atoms with van der Waals surface area (Å²) in [5, 5.41) is 4.45. The molecule has 0 spiro atoms. The van der Waals surface area contributed by atoms with Crippen LogP contribution in [-0.4, -0.2) is 38.1 Å². The van der Waals surface area contributed by atoms with Crippen LogP contribution >= 0.6 is 11.6 Å². The molecule has 0 saturated carbocycles. The number of hydrogen-bond donors (Lipinski definition) is 1. The van der Waals surface area contributed by atoms with E-state index in [0.717, 1.165) is 31.0 Å². The van der Waals surface area contributed by atoms with E-state index in [4.69, 9.17) is 11.6 Å². The fourth-order valence-electron chi connectivity index (χ4n) is 1.92. The van der Waals surface area contributed by atoms with E-state index < -0.39 is 0 Å². The van der Waals surface area contributed by atoms with Crippen molar-refractivity contribution in [2.45, 2.75) is 25.8 Å². The fourth-order valence-corrected chi connectivity index (χ4v) is 2.13. The molecule has 0 amide bonds. The van der Waals surface area contributed by atoms with Gasteiger partial charge in [0.25, 0.3) is 0 Å². The smallest absolute Gasteiger partial charge is 0.0438 e. The van der Waals surface area contributed by atoms with Gasteiger partial charge in [0.2, 0.25) is 0 Å². The first-order valence-electron chi connectivity index (χ1n) is 6.25. The standard InChI is InChI=1S/C14H23ClN2/c1-4-9-16-13(11-17(2)3)10-12-7-5-6-8-14(12)15/h5-8,13,16H,4,9-11H2,1-3H3. The maximum absolute atomic E-state index is 6.20. The van der Waals surface area contributed by atoms with Crippen molar-refractivity contribution in [1.82, 2.24) is 10.2 Å². The van der Waals surface area contributed by atoms with Crippen LogP contribution < -0.4 is 5.32 Å². The quantitative estimate of drug-likeness (QED) is 0.805. The van der Waals surface area contributed by atoms with Crippen LogP contribution in [0.4, 0.5) is 0 Å². The Hall–Kier alpha value is -0.570. The molecule has 96 valence electrons. The topological polar surface area (TPSA) is 15.3 Å². The predicted octanol–water partition coefficient (Wildman–Crippen LogP) is 2.81. The molecular formula is C14H23ClN2. The summed E-state index contributed by atoms with van der Waals surface area (Å²) in [7, 11) is 4.21. The van der Waals surface area contributed by atoms with E-state index in [0.29, 0.717) is 6.04 Å². The lowest BCUT2D eigenvalue weighted by atomic mass is 10.1. The Morgan fingerprint density at radius 2 is 2.00 bits per heavy atom. The van der Waals surface area contributed by atoms with Crippen molar-refractivity contribution < 1.29 is 0 Å². The van der Waals surface area contributed by atoms with Gasteiger partial charge in [-0.15, -0.1) is 0 Å². The van der Waals surface area contributed by atoms with E-state index in [2.05, 4.69) is 37.3 Å². The molecule has 0 aliphatic rings. The average Bonchev–Trinajstić information content (AvgIpc) is 2.28. The lowest BCUT2D eigenvalue weighted by molar-refractivity contribution is 0.336. The van der Waals surface area contributed by atoms with Crippen molar-refractivity contribution in [3.05, 3.63) is 34.9 Å². The molecule has 1 unspecified atom stereocenters. The number of nitrogens with one attached hydrogen (secondary N) is 1. The van der Waals surface area contributed by atoms with E-state index in [9.17, 15) is 0 Å². The van der Waals surface area contributed by atoms with Gasteiger partial charge in [0.05, 0.1) is 0 Å². The summed E-state index contributed by atoms with van der Waals surface area (Å²) in [6.45, 7) is 4.28. The Kier molecular flexibility index (Phi) is 6.56. The van der Waals surface area contributed by atoms with Gasteiger partial charge in [-0.25, -0.2) is 0 Å². The third kappa shape index (κ3) is 5.53. The van der Waals surface area contributed by atoms with Crippen LogP contribution in [0.1, 0.15) is 18.9 Å². The lowest BCUT2D eigenvalue weighted by Crippen LogP contribution is -2.40. The Bertz CT molecular complexity index is 326. The Morgan fingerprint density at radius 1 is 1.29 bits per heavy atom. The van der Waals surface area contributed by atoms with E-state index >= 15 is 0 Å². The van der Waals surface area contributed by atoms with Gasteiger partial charge in [0, 0.05) is 17.6 Å². The molecule has 0 aromatic heterocycles. The number of likely N-dealkylation sites (N-methyl/N-ethyl adjacent to an activating group) is 1. The van der Waals surface area contributed by atoms with Crippen LogP contribution in [0.3, 0.4) is 0 Å². The normalized spacial score (nSPS) is 13.0. The van der Waals surface area contributed by atoms with E-state index in [1.54, 1.807) is 0 Å². The second-order valence-electron chi connectivity index (χ2n) is 4.71. The molecule has 2 nitrogen and oxygen atoms in total. The summed E-state index contributed by atoms with van der Waals surface area (Å²) in [5.74, 6) is 0. The number of benzene rings is 1. The molecule has 0 saturated heterocycles. The molecule has 1 aromatic rings. The minimum absolute atomic E-state index is 0.463. The first-order valence-corrected chi connectivity index (χ1v) is 6.62. The zero-order valence-corrected chi connectivity index (χ0v) is 11.8. The average molecular weight is 255 g/mol. The summed E-state index contributed by atoms with van der Waals surface area (Å²) >= 11 is 6.20. The Labute approximate surface area is 110 Å². The summed E-state index contributed by atoms with van der Waals surface area (Å²) in [6, 6.07) is 8.56. The Morgan fingerprint density at radius 3 is 2.59 bits per heavy atom. The number of nitrogens with zero attached hydrogens (tertiary/aromatic N) is 1. The van der Waals surface area contributed by atoms with Crippen LogP contribution in [0.15, 0.2) is 24.3 Å². The largest absolute Gasteiger partial charge is 0.312 e. The molecule has 0 radical (unpaired) electrons. The third-order valence-corrected chi connectivity index (χ3v) is 3.06. The van der Waals surface area contributed by atoms with Crippen molar-refractivity contribution in [3.63, 3.8) is 0 Å². The van der Waals surface area contributed by atoms with Gasteiger partial charge in [-0.05, 0) is 45.1 Å². The van der Waals surface area contributed by atoms with Gasteiger partial charge in [0.1, 0.15) is 0 Å². The first kappa shape index (κ1) is 14.5. The zero-order valence-electron chi connectivity index (χ0n) is 11.0. The van der Waals surface area contributed by atoms with Crippen molar-refractivity contribution in [3.8, 4) is 0 Å². The zero-order chi connectivity index (χ0) is 12.7. The molecule has 3 heteroatoms. The minimum Gasteiger partial charge on any atom is -0.312 e. The van der Waals surface area contributed by atoms with Crippen molar-refractivity contribution in [2.75, 3.05) is 27.2 Å². The van der Waals surface area contributed by atoms with Gasteiger partial charge in [-0.2, -0.15) is 0 Å². The fraction of sp³-hybridized carbons (Fsp3) is 0.571. The van der Waals surface area contributed by atoms with E-state index in [1.165, 1.54) is 5.56 Å². The Balaban J connectivity index is 2.61. The van der Waals surface area contributed by atoms with Crippen LogP contribution in [0.5, 0.6) is 0 Å². The maximum atomic E-state index is 6.20. The summed E-state index contributed by atoms with van der Waals surface area (Å²) in [5.41, 5.74) is 1.23. The lowest BCUT2D eigenvalue weighted by Gasteiger charge is -2.22. The van der Waals surface area contributed by atoms with Crippen LogP contribution in [0, 0.1) is 0 Å². The highest BCUT2D eigenvalue weighted by molar-refractivity contribution is 6.31. The van der Waals surface area contributed by atoms with Crippen LogP contribution in [0.2, 0.25) is 5.02 Å². The van der Waals surface area contributed by atoms with E-state index in [1.807, 2.05) is 18.2 Å². The molecule has 17 heavy (non-hydrogen) atoms. The number of halogens is 1. The van der Waals surface area contributed by atoms with Gasteiger partial charge in [-0.3, -0.25) is 0 Å². The maximum Gasteiger partial charge on any atom is 0.0438 e. The molecule has 1 aromatic carbocycles. The number of rotatable bonds is 7. The van der Waals surface area contributed by atoms with Gasteiger partial charge >= 0.3 is 0 Å².